The van der Waals surface area contributed by atoms with E-state index < -0.39 is 17.6 Å². The predicted molar refractivity (Wildman–Crippen MR) is 96.2 cm³/mol. The minimum Gasteiger partial charge on any atom is -0.326 e. The van der Waals surface area contributed by atoms with E-state index in [1.54, 1.807) is 24.3 Å². The van der Waals surface area contributed by atoms with Gasteiger partial charge in [0.05, 0.1) is 5.92 Å². The zero-order chi connectivity index (χ0) is 19.6. The fraction of sp³-hybridized carbons (Fsp3) is 0.211. The third-order valence-corrected chi connectivity index (χ3v) is 4.13. The van der Waals surface area contributed by atoms with Gasteiger partial charge < -0.3 is 15.5 Å². The molecule has 2 aromatic carbocycles. The van der Waals surface area contributed by atoms with Crippen LogP contribution in [0.1, 0.15) is 13.3 Å². The van der Waals surface area contributed by atoms with Gasteiger partial charge in [0.2, 0.25) is 17.7 Å². The highest BCUT2D eigenvalue weighted by atomic mass is 19.1. The van der Waals surface area contributed by atoms with Gasteiger partial charge in [-0.15, -0.1) is 0 Å². The number of benzene rings is 2. The fourth-order valence-corrected chi connectivity index (χ4v) is 2.91. The Kier molecular flexibility index (Phi) is 5.16. The first-order valence-corrected chi connectivity index (χ1v) is 8.27. The molecule has 0 spiro atoms. The molecule has 1 aliphatic heterocycles. The van der Waals surface area contributed by atoms with Crippen LogP contribution in [0.3, 0.4) is 0 Å². The van der Waals surface area contributed by atoms with E-state index in [4.69, 9.17) is 0 Å². The summed E-state index contributed by atoms with van der Waals surface area (Å²) in [5, 5.41) is 5.32. The summed E-state index contributed by atoms with van der Waals surface area (Å²) in [5.41, 5.74) is 1.19. The maximum absolute atomic E-state index is 13.4. The smallest absolute Gasteiger partial charge is 0.229 e. The van der Waals surface area contributed by atoms with E-state index in [0.29, 0.717) is 11.4 Å². The van der Waals surface area contributed by atoms with Gasteiger partial charge in [-0.25, -0.2) is 8.78 Å². The highest BCUT2D eigenvalue weighted by Crippen LogP contribution is 2.27. The number of amides is 3. The van der Waals surface area contributed by atoms with Crippen LogP contribution in [0.4, 0.5) is 25.8 Å². The van der Waals surface area contributed by atoms with E-state index in [0.717, 1.165) is 18.2 Å². The van der Waals surface area contributed by atoms with Crippen molar-refractivity contribution in [2.24, 2.45) is 5.92 Å². The summed E-state index contributed by atoms with van der Waals surface area (Å²) < 4.78 is 26.8. The number of anilines is 3. The molecule has 0 radical (unpaired) electrons. The molecule has 27 heavy (non-hydrogen) atoms. The SMILES string of the molecule is CC(=O)Nc1ccc(NC(=O)[C@@H]2CC(=O)N(c3cc(F)cc(F)c3)C2)cc1. The molecule has 1 fully saturated rings. The summed E-state index contributed by atoms with van der Waals surface area (Å²) in [6.45, 7) is 1.43. The maximum Gasteiger partial charge on any atom is 0.229 e. The topological polar surface area (TPSA) is 78.5 Å². The van der Waals surface area contributed by atoms with Crippen molar-refractivity contribution in [1.82, 2.24) is 0 Å². The Hall–Kier alpha value is -3.29. The van der Waals surface area contributed by atoms with Crippen LogP contribution in [0.25, 0.3) is 0 Å². The molecule has 1 aliphatic rings. The summed E-state index contributed by atoms with van der Waals surface area (Å²) in [6, 6.07) is 9.36. The lowest BCUT2D eigenvalue weighted by Gasteiger charge is -2.17. The van der Waals surface area contributed by atoms with Crippen LogP contribution in [0, 0.1) is 17.6 Å². The first-order valence-electron chi connectivity index (χ1n) is 8.27. The number of halogens is 2. The van der Waals surface area contributed by atoms with Crippen molar-refractivity contribution in [3.05, 3.63) is 54.1 Å². The van der Waals surface area contributed by atoms with Crippen LogP contribution >= 0.6 is 0 Å². The van der Waals surface area contributed by atoms with Crippen LogP contribution < -0.4 is 15.5 Å². The number of rotatable bonds is 4. The highest BCUT2D eigenvalue weighted by Gasteiger charge is 2.35. The third kappa shape index (κ3) is 4.46. The van der Waals surface area contributed by atoms with Crippen molar-refractivity contribution in [3.63, 3.8) is 0 Å². The van der Waals surface area contributed by atoms with Crippen LogP contribution in [-0.4, -0.2) is 24.3 Å². The Morgan fingerprint density at radius 3 is 2.11 bits per heavy atom. The molecule has 140 valence electrons. The zero-order valence-electron chi connectivity index (χ0n) is 14.5. The molecule has 2 aromatic rings. The molecular formula is C19H17F2N3O3. The summed E-state index contributed by atoms with van der Waals surface area (Å²) in [6.07, 6.45) is -0.0477. The minimum absolute atomic E-state index is 0.0392. The number of hydrogen-bond acceptors (Lipinski definition) is 3. The Morgan fingerprint density at radius 2 is 1.56 bits per heavy atom. The molecule has 1 heterocycles. The minimum atomic E-state index is -0.787. The molecule has 1 saturated heterocycles. The highest BCUT2D eigenvalue weighted by molar-refractivity contribution is 6.03. The standard InChI is InChI=1S/C19H17F2N3O3/c1-11(25)22-15-2-4-16(5-3-15)23-19(27)12-6-18(26)24(10-12)17-8-13(20)7-14(21)9-17/h2-5,7-9,12H,6,10H2,1H3,(H,22,25)(H,23,27)/t12-/m1/s1. The van der Waals surface area contributed by atoms with Crippen molar-refractivity contribution < 1.29 is 23.2 Å². The van der Waals surface area contributed by atoms with Crippen LogP contribution in [0.15, 0.2) is 42.5 Å². The lowest BCUT2D eigenvalue weighted by molar-refractivity contribution is -0.122. The Bertz CT molecular complexity index is 879. The zero-order valence-corrected chi connectivity index (χ0v) is 14.5. The second-order valence-corrected chi connectivity index (χ2v) is 6.28. The number of carbonyl (C=O) groups excluding carboxylic acids is 3. The van der Waals surface area contributed by atoms with Gasteiger partial charge >= 0.3 is 0 Å². The summed E-state index contributed by atoms with van der Waals surface area (Å²) >= 11 is 0. The molecule has 0 saturated carbocycles. The Balaban J connectivity index is 1.66. The second-order valence-electron chi connectivity index (χ2n) is 6.28. The van der Waals surface area contributed by atoms with Crippen LogP contribution in [0.2, 0.25) is 0 Å². The first kappa shape index (κ1) is 18.5. The lowest BCUT2D eigenvalue weighted by Crippen LogP contribution is -2.28. The van der Waals surface area contributed by atoms with E-state index in [9.17, 15) is 23.2 Å². The number of nitrogens with one attached hydrogen (secondary N) is 2. The Labute approximate surface area is 154 Å². The van der Waals surface area contributed by atoms with E-state index in [-0.39, 0.29) is 36.4 Å². The number of carbonyl (C=O) groups is 3. The van der Waals surface area contributed by atoms with Crippen molar-refractivity contribution >= 4 is 34.8 Å². The summed E-state index contributed by atoms with van der Waals surface area (Å²) in [4.78, 5) is 36.8. The van der Waals surface area contributed by atoms with Crippen molar-refractivity contribution in [2.75, 3.05) is 22.1 Å². The van der Waals surface area contributed by atoms with Gasteiger partial charge in [0.25, 0.3) is 0 Å². The fourth-order valence-electron chi connectivity index (χ4n) is 2.91. The maximum atomic E-state index is 13.4. The summed E-state index contributed by atoms with van der Waals surface area (Å²) in [5.74, 6) is -3.16. The van der Waals surface area contributed by atoms with Gasteiger partial charge in [-0.2, -0.15) is 0 Å². The molecule has 1 atom stereocenters. The van der Waals surface area contributed by atoms with Crippen molar-refractivity contribution in [2.45, 2.75) is 13.3 Å². The van der Waals surface area contributed by atoms with Gasteiger partial charge in [-0.1, -0.05) is 0 Å². The molecule has 0 unspecified atom stereocenters. The predicted octanol–water partition coefficient (Wildman–Crippen LogP) is 2.91. The van der Waals surface area contributed by atoms with Crippen LogP contribution in [0.5, 0.6) is 0 Å². The normalized spacial score (nSPS) is 16.3. The quantitative estimate of drug-likeness (QED) is 0.865. The molecule has 0 aromatic heterocycles. The third-order valence-electron chi connectivity index (χ3n) is 4.13. The average Bonchev–Trinajstić information content (AvgIpc) is 2.97. The van der Waals surface area contributed by atoms with Gasteiger partial charge in [-0.3, -0.25) is 14.4 Å². The molecule has 2 N–H and O–H groups in total. The Morgan fingerprint density at radius 1 is 1.00 bits per heavy atom. The molecular weight excluding hydrogens is 356 g/mol. The molecule has 3 amide bonds. The molecule has 0 bridgehead atoms. The van der Waals surface area contributed by atoms with E-state index in [1.807, 2.05) is 0 Å². The molecule has 8 heteroatoms. The van der Waals surface area contributed by atoms with Crippen molar-refractivity contribution in [1.29, 1.82) is 0 Å². The van der Waals surface area contributed by atoms with E-state index in [1.165, 1.54) is 11.8 Å². The average molecular weight is 373 g/mol. The van der Waals surface area contributed by atoms with Gasteiger partial charge in [-0.05, 0) is 36.4 Å². The molecule has 0 aliphatic carbocycles. The van der Waals surface area contributed by atoms with Crippen molar-refractivity contribution in [3.8, 4) is 0 Å². The largest absolute Gasteiger partial charge is 0.326 e. The second kappa shape index (κ2) is 7.53. The summed E-state index contributed by atoms with van der Waals surface area (Å²) in [7, 11) is 0. The molecule has 3 rings (SSSR count). The number of nitrogens with zero attached hydrogens (tertiary/aromatic N) is 1. The van der Waals surface area contributed by atoms with E-state index >= 15 is 0 Å². The van der Waals surface area contributed by atoms with E-state index in [2.05, 4.69) is 10.6 Å². The van der Waals surface area contributed by atoms with Gasteiger partial charge in [0.1, 0.15) is 11.6 Å². The number of hydrogen-bond donors (Lipinski definition) is 2. The van der Waals surface area contributed by atoms with Crippen LogP contribution in [-0.2, 0) is 14.4 Å². The monoisotopic (exact) mass is 373 g/mol. The van der Waals surface area contributed by atoms with Gasteiger partial charge in [0, 0.05) is 43.0 Å². The lowest BCUT2D eigenvalue weighted by atomic mass is 10.1. The first-order chi connectivity index (χ1) is 12.8. The van der Waals surface area contributed by atoms with Gasteiger partial charge in [0.15, 0.2) is 0 Å². The molecule has 6 nitrogen and oxygen atoms in total.